The lowest BCUT2D eigenvalue weighted by Crippen LogP contribution is -2.44. The molecule has 3 N–H and O–H groups in total. The summed E-state index contributed by atoms with van der Waals surface area (Å²) in [5.41, 5.74) is 2.39. The van der Waals surface area contributed by atoms with Crippen LogP contribution in [-0.2, 0) is 22.4 Å². The molecule has 9 heteroatoms. The number of aliphatic carboxylic acids is 1. The van der Waals surface area contributed by atoms with Gasteiger partial charge < -0.3 is 25.2 Å². The van der Waals surface area contributed by atoms with Gasteiger partial charge in [0.1, 0.15) is 24.2 Å². The van der Waals surface area contributed by atoms with Crippen molar-refractivity contribution >= 4 is 17.9 Å². The van der Waals surface area contributed by atoms with Crippen LogP contribution in [0.25, 0.3) is 0 Å². The second kappa shape index (κ2) is 15.3. The number of aryl methyl sites for hydroxylation is 2. The second-order valence-corrected chi connectivity index (χ2v) is 10.5. The van der Waals surface area contributed by atoms with E-state index in [4.69, 9.17) is 14.5 Å². The predicted molar refractivity (Wildman–Crippen MR) is 150 cm³/mol. The van der Waals surface area contributed by atoms with Gasteiger partial charge in [-0.3, -0.25) is 4.90 Å². The van der Waals surface area contributed by atoms with Crippen molar-refractivity contribution in [2.45, 2.75) is 63.8 Å². The average molecular weight is 539 g/mol. The van der Waals surface area contributed by atoms with Crippen molar-refractivity contribution in [2.75, 3.05) is 44.7 Å². The lowest BCUT2D eigenvalue weighted by atomic mass is 9.86. The Balaban J connectivity index is 1.24. The maximum atomic E-state index is 12.2. The van der Waals surface area contributed by atoms with Crippen molar-refractivity contribution in [3.63, 3.8) is 0 Å². The predicted octanol–water partition coefficient (Wildman–Crippen LogP) is 4.51. The van der Waals surface area contributed by atoms with Gasteiger partial charge in [0.05, 0.1) is 6.61 Å². The Bertz CT molecular complexity index is 1050. The van der Waals surface area contributed by atoms with Gasteiger partial charge in [-0.25, -0.2) is 14.6 Å². The fourth-order valence-corrected chi connectivity index (χ4v) is 4.90. The van der Waals surface area contributed by atoms with Crippen LogP contribution in [-0.4, -0.2) is 72.5 Å². The van der Waals surface area contributed by atoms with E-state index in [1.165, 1.54) is 5.56 Å². The highest BCUT2D eigenvalue weighted by atomic mass is 16.5. The Morgan fingerprint density at radius 3 is 2.69 bits per heavy atom. The summed E-state index contributed by atoms with van der Waals surface area (Å²) in [6.45, 7) is 3.83. The Morgan fingerprint density at radius 2 is 1.92 bits per heavy atom. The van der Waals surface area contributed by atoms with Crippen LogP contribution >= 0.6 is 0 Å². The minimum atomic E-state index is -1.05. The Kier molecular flexibility index (Phi) is 11.3. The summed E-state index contributed by atoms with van der Waals surface area (Å²) in [5, 5.41) is 15.6. The first kappa shape index (κ1) is 28.7. The van der Waals surface area contributed by atoms with Crippen LogP contribution in [0.1, 0.15) is 56.2 Å². The van der Waals surface area contributed by atoms with E-state index < -0.39 is 18.1 Å². The van der Waals surface area contributed by atoms with Crippen molar-refractivity contribution in [2.24, 2.45) is 5.92 Å². The Hall–Kier alpha value is -3.33. The van der Waals surface area contributed by atoms with Crippen molar-refractivity contribution in [1.82, 2.24) is 15.2 Å². The highest BCUT2D eigenvalue weighted by molar-refractivity contribution is 5.79. The normalized spacial score (nSPS) is 15.5. The summed E-state index contributed by atoms with van der Waals surface area (Å²) in [6.07, 6.45) is 8.00. The Labute approximate surface area is 231 Å². The topological polar surface area (TPSA) is 113 Å². The van der Waals surface area contributed by atoms with E-state index in [9.17, 15) is 14.7 Å². The van der Waals surface area contributed by atoms with Crippen molar-refractivity contribution in [3.8, 4) is 5.75 Å². The van der Waals surface area contributed by atoms with Crippen LogP contribution < -0.4 is 15.4 Å². The fourth-order valence-electron chi connectivity index (χ4n) is 4.90. The largest absolute Gasteiger partial charge is 0.492 e. The molecule has 2 aliphatic rings. The van der Waals surface area contributed by atoms with Gasteiger partial charge in [0, 0.05) is 25.3 Å². The van der Waals surface area contributed by atoms with Crippen LogP contribution in [0.3, 0.4) is 0 Å². The van der Waals surface area contributed by atoms with Crippen LogP contribution in [0.15, 0.2) is 42.5 Å². The number of carbonyl (C=O) groups excluding carboxylic acids is 1. The van der Waals surface area contributed by atoms with E-state index in [0.717, 1.165) is 81.7 Å². The number of unbranched alkanes of at least 4 members (excludes halogenated alkanes) is 1. The quantitative estimate of drug-likeness (QED) is 0.268. The lowest BCUT2D eigenvalue weighted by molar-refractivity contribution is -0.139. The number of ether oxygens (including phenoxy) is 2. The third-order valence-corrected chi connectivity index (χ3v) is 7.53. The summed E-state index contributed by atoms with van der Waals surface area (Å²) >= 11 is 0. The molecule has 0 bridgehead atoms. The minimum absolute atomic E-state index is 0.289. The molecular weight excluding hydrogens is 496 g/mol. The molecule has 1 amide bonds. The van der Waals surface area contributed by atoms with E-state index in [1.54, 1.807) is 0 Å². The third kappa shape index (κ3) is 9.73. The number of carboxylic acids is 1. The monoisotopic (exact) mass is 538 g/mol. The maximum absolute atomic E-state index is 12.2. The zero-order valence-corrected chi connectivity index (χ0v) is 22.8. The zero-order chi connectivity index (χ0) is 27.3. The molecule has 4 rings (SSSR count). The van der Waals surface area contributed by atoms with E-state index in [-0.39, 0.29) is 6.42 Å². The summed E-state index contributed by atoms with van der Waals surface area (Å²) in [4.78, 5) is 31.0. The SMILES string of the molecule is O=C(N[C@@H](CCN(CCCCc1ccc2c(n1)NCCC2)CCOc1ccccc1)C(=O)O)OCC1CCC1. The first-order valence-corrected chi connectivity index (χ1v) is 14.4. The van der Waals surface area contributed by atoms with Gasteiger partial charge in [0.25, 0.3) is 0 Å². The molecule has 0 spiro atoms. The number of carbonyl (C=O) groups is 2. The van der Waals surface area contributed by atoms with E-state index in [0.29, 0.717) is 32.2 Å². The second-order valence-electron chi connectivity index (χ2n) is 10.5. The number of pyridine rings is 1. The zero-order valence-electron chi connectivity index (χ0n) is 22.8. The smallest absolute Gasteiger partial charge is 0.407 e. The number of amides is 1. The number of hydrogen-bond acceptors (Lipinski definition) is 7. The lowest BCUT2D eigenvalue weighted by Gasteiger charge is -2.26. The van der Waals surface area contributed by atoms with Gasteiger partial charge in [-0.15, -0.1) is 0 Å². The average Bonchev–Trinajstić information content (AvgIpc) is 2.92. The molecule has 39 heavy (non-hydrogen) atoms. The number of carboxylic acid groups (broad SMARTS) is 1. The molecule has 0 saturated heterocycles. The van der Waals surface area contributed by atoms with Gasteiger partial charge in [-0.2, -0.15) is 0 Å². The summed E-state index contributed by atoms with van der Waals surface area (Å²) < 4.78 is 11.1. The molecule has 1 saturated carbocycles. The molecule has 1 aromatic carbocycles. The summed E-state index contributed by atoms with van der Waals surface area (Å²) in [7, 11) is 0. The van der Waals surface area contributed by atoms with Gasteiger partial charge in [-0.1, -0.05) is 30.7 Å². The number of rotatable bonds is 16. The number of hydrogen-bond donors (Lipinski definition) is 3. The molecule has 2 heterocycles. The number of fused-ring (bicyclic) bond motifs is 1. The first-order valence-electron chi connectivity index (χ1n) is 14.4. The van der Waals surface area contributed by atoms with Gasteiger partial charge in [-0.05, 0) is 87.6 Å². The number of aromatic nitrogens is 1. The van der Waals surface area contributed by atoms with Crippen molar-refractivity contribution in [1.29, 1.82) is 0 Å². The van der Waals surface area contributed by atoms with E-state index in [2.05, 4.69) is 27.7 Å². The molecule has 1 fully saturated rings. The van der Waals surface area contributed by atoms with Crippen LogP contribution in [0.5, 0.6) is 5.75 Å². The molecule has 9 nitrogen and oxygen atoms in total. The minimum Gasteiger partial charge on any atom is -0.492 e. The van der Waals surface area contributed by atoms with Crippen LogP contribution in [0, 0.1) is 5.92 Å². The molecule has 0 radical (unpaired) electrons. The van der Waals surface area contributed by atoms with Crippen LogP contribution in [0.2, 0.25) is 0 Å². The molecule has 1 aliphatic heterocycles. The highest BCUT2D eigenvalue weighted by Gasteiger charge is 2.24. The molecular formula is C30H42N4O5. The van der Waals surface area contributed by atoms with E-state index >= 15 is 0 Å². The molecule has 1 aromatic heterocycles. The Morgan fingerprint density at radius 1 is 1.08 bits per heavy atom. The number of benzene rings is 1. The first-order chi connectivity index (χ1) is 19.1. The molecule has 1 aliphatic carbocycles. The summed E-state index contributed by atoms with van der Waals surface area (Å²) in [5.74, 6) is 1.19. The number of alkyl carbamates (subject to hydrolysis) is 1. The van der Waals surface area contributed by atoms with E-state index in [1.807, 2.05) is 30.3 Å². The number of nitrogens with zero attached hydrogens (tertiary/aromatic N) is 2. The van der Waals surface area contributed by atoms with Crippen molar-refractivity contribution < 1.29 is 24.2 Å². The number of para-hydroxylation sites is 1. The third-order valence-electron chi connectivity index (χ3n) is 7.53. The highest BCUT2D eigenvalue weighted by Crippen LogP contribution is 2.26. The number of nitrogens with one attached hydrogen (secondary N) is 2. The molecule has 0 unspecified atom stereocenters. The fraction of sp³-hybridized carbons (Fsp3) is 0.567. The summed E-state index contributed by atoms with van der Waals surface area (Å²) in [6, 6.07) is 13.0. The maximum Gasteiger partial charge on any atom is 0.407 e. The van der Waals surface area contributed by atoms with Gasteiger partial charge in [0.15, 0.2) is 0 Å². The molecule has 1 atom stereocenters. The standard InChI is InChI=1S/C30H42N4O5/c35-29(36)27(33-30(37)39-22-23-8-6-9-23)16-19-34(20-21-38-26-12-2-1-3-13-26)18-5-4-11-25-15-14-24-10-7-17-31-28(24)32-25/h1-3,12-15,23,27H,4-11,16-22H2,(H,31,32)(H,33,37)(H,35,36)/t27-/m0/s1. The number of anilines is 1. The van der Waals surface area contributed by atoms with Crippen molar-refractivity contribution in [3.05, 3.63) is 53.7 Å². The van der Waals surface area contributed by atoms with Gasteiger partial charge >= 0.3 is 12.1 Å². The molecule has 212 valence electrons. The van der Waals surface area contributed by atoms with Gasteiger partial charge in [0.2, 0.25) is 0 Å². The van der Waals surface area contributed by atoms with Crippen LogP contribution in [0.4, 0.5) is 10.6 Å². The molecule has 2 aromatic rings.